The van der Waals surface area contributed by atoms with Crippen LogP contribution < -0.4 is 0 Å². The maximum absolute atomic E-state index is 12.5. The number of ketones is 1. The van der Waals surface area contributed by atoms with Gasteiger partial charge in [-0.05, 0) is 37.8 Å². The van der Waals surface area contributed by atoms with E-state index in [0.29, 0.717) is 5.02 Å². The van der Waals surface area contributed by atoms with Crippen molar-refractivity contribution in [2.75, 3.05) is 0 Å². The van der Waals surface area contributed by atoms with Crippen molar-refractivity contribution in [2.24, 2.45) is 0 Å². The molecule has 120 valence electrons. The number of Topliss-reactive ketones (excluding diaryl/α,β-unsaturated/α-hetero) is 1. The molecule has 3 rings (SSSR count). The van der Waals surface area contributed by atoms with Gasteiger partial charge in [0.25, 0.3) is 0 Å². The molecule has 0 radical (unpaired) electrons. The highest BCUT2D eigenvalue weighted by Crippen LogP contribution is 2.19. The molecule has 0 amide bonds. The van der Waals surface area contributed by atoms with Crippen LogP contribution in [0.1, 0.15) is 26.6 Å². The van der Waals surface area contributed by atoms with Gasteiger partial charge in [0.05, 0.1) is 11.2 Å². The second-order valence-electron chi connectivity index (χ2n) is 5.55. The highest BCUT2D eigenvalue weighted by atomic mass is 35.5. The Balaban J connectivity index is 1.75. The van der Waals surface area contributed by atoms with Crippen LogP contribution in [0.2, 0.25) is 5.02 Å². The fraction of sp³-hybridized carbons (Fsp3) is 0.294. The van der Waals surface area contributed by atoms with Crippen molar-refractivity contribution >= 4 is 28.7 Å². The molecule has 0 unspecified atom stereocenters. The number of carbonyl (C=O) groups excluding carboxylic acids is 1. The Morgan fingerprint density at radius 1 is 1.39 bits per heavy atom. The minimum absolute atomic E-state index is 0.0558. The number of halogens is 1. The van der Waals surface area contributed by atoms with Gasteiger partial charge in [0.15, 0.2) is 5.78 Å². The third-order valence-corrected chi connectivity index (χ3v) is 5.07. The van der Waals surface area contributed by atoms with Crippen LogP contribution >= 0.6 is 22.9 Å². The molecule has 4 nitrogen and oxygen atoms in total. The van der Waals surface area contributed by atoms with E-state index in [2.05, 4.69) is 27.2 Å². The summed E-state index contributed by atoms with van der Waals surface area (Å²) in [5.41, 5.74) is 2.89. The first-order valence-corrected chi connectivity index (χ1v) is 8.70. The summed E-state index contributed by atoms with van der Waals surface area (Å²) in [6.45, 7) is 5.15. The topological polar surface area (TPSA) is 39.8 Å². The van der Waals surface area contributed by atoms with E-state index in [9.17, 15) is 4.79 Å². The maximum atomic E-state index is 12.5. The van der Waals surface area contributed by atoms with Crippen LogP contribution in [0.5, 0.6) is 0 Å². The molecule has 0 saturated carbocycles. The summed E-state index contributed by atoms with van der Waals surface area (Å²) >= 11 is 7.61. The monoisotopic (exact) mass is 347 g/mol. The van der Waals surface area contributed by atoms with Gasteiger partial charge < -0.3 is 4.57 Å². The van der Waals surface area contributed by atoms with Crippen molar-refractivity contribution in [3.8, 4) is 0 Å². The van der Waals surface area contributed by atoms with E-state index in [4.69, 9.17) is 11.6 Å². The largest absolute Gasteiger partial charge is 0.348 e. The van der Waals surface area contributed by atoms with Crippen LogP contribution in [-0.4, -0.2) is 20.1 Å². The summed E-state index contributed by atoms with van der Waals surface area (Å²) in [6, 6.07) is 6.18. The van der Waals surface area contributed by atoms with Gasteiger partial charge in [-0.1, -0.05) is 17.7 Å². The number of hydrogen-bond acceptors (Lipinski definition) is 3. The van der Waals surface area contributed by atoms with Crippen LogP contribution in [0.4, 0.5) is 0 Å². The molecular weight excluding hydrogens is 330 g/mol. The van der Waals surface area contributed by atoms with E-state index in [1.165, 1.54) is 4.88 Å². The van der Waals surface area contributed by atoms with Gasteiger partial charge in [-0.3, -0.25) is 9.48 Å². The normalized spacial score (nSPS) is 11.1. The van der Waals surface area contributed by atoms with Gasteiger partial charge in [-0.2, -0.15) is 5.10 Å². The SMILES string of the molecule is Cc1cc(C(=O)Cn2cc(Cl)cn2)c(C)n1CCc1cccs1. The predicted molar refractivity (Wildman–Crippen MR) is 93.5 cm³/mol. The molecule has 3 heterocycles. The zero-order valence-corrected chi connectivity index (χ0v) is 14.7. The first-order valence-electron chi connectivity index (χ1n) is 7.45. The summed E-state index contributed by atoms with van der Waals surface area (Å²) in [5, 5.41) is 6.70. The minimum atomic E-state index is 0.0558. The average Bonchev–Trinajstić information content (AvgIpc) is 3.21. The molecule has 0 aromatic carbocycles. The van der Waals surface area contributed by atoms with Gasteiger partial charge in [-0.25, -0.2) is 0 Å². The van der Waals surface area contributed by atoms with Crippen molar-refractivity contribution in [1.29, 1.82) is 0 Å². The van der Waals surface area contributed by atoms with Crippen LogP contribution in [0.3, 0.4) is 0 Å². The second kappa shape index (κ2) is 6.72. The molecule has 0 saturated heterocycles. The molecule has 0 fully saturated rings. The lowest BCUT2D eigenvalue weighted by Gasteiger charge is -2.09. The number of rotatable bonds is 6. The lowest BCUT2D eigenvalue weighted by molar-refractivity contribution is 0.0967. The average molecular weight is 348 g/mol. The number of thiophene rings is 1. The Labute approximate surface area is 144 Å². The number of aryl methyl sites for hydroxylation is 2. The Morgan fingerprint density at radius 3 is 2.87 bits per heavy atom. The van der Waals surface area contributed by atoms with Crippen molar-refractivity contribution in [3.63, 3.8) is 0 Å². The summed E-state index contributed by atoms with van der Waals surface area (Å²) in [7, 11) is 0. The Bertz CT molecular complexity index is 817. The van der Waals surface area contributed by atoms with Gasteiger partial charge >= 0.3 is 0 Å². The first-order chi connectivity index (χ1) is 11.0. The van der Waals surface area contributed by atoms with Crippen molar-refractivity contribution in [3.05, 3.63) is 62.8 Å². The van der Waals surface area contributed by atoms with Crippen LogP contribution in [0, 0.1) is 13.8 Å². The van der Waals surface area contributed by atoms with E-state index < -0.39 is 0 Å². The second-order valence-corrected chi connectivity index (χ2v) is 7.01. The molecule has 6 heteroatoms. The standard InChI is InChI=1S/C17H18ClN3OS/c1-12-8-16(17(22)11-20-10-14(18)9-19-20)13(2)21(12)6-5-15-4-3-7-23-15/h3-4,7-10H,5-6,11H2,1-2H3. The van der Waals surface area contributed by atoms with E-state index in [0.717, 1.165) is 29.9 Å². The number of hydrogen-bond donors (Lipinski definition) is 0. The number of aromatic nitrogens is 3. The zero-order chi connectivity index (χ0) is 16.4. The first kappa shape index (κ1) is 16.0. The molecule has 23 heavy (non-hydrogen) atoms. The van der Waals surface area contributed by atoms with Crippen molar-refractivity contribution < 1.29 is 4.79 Å². The summed E-state index contributed by atoms with van der Waals surface area (Å²) in [5.74, 6) is 0.0558. The van der Waals surface area contributed by atoms with Gasteiger partial charge in [0, 0.05) is 34.6 Å². The lowest BCUT2D eigenvalue weighted by atomic mass is 10.1. The summed E-state index contributed by atoms with van der Waals surface area (Å²) in [4.78, 5) is 13.9. The Hall–Kier alpha value is -1.85. The van der Waals surface area contributed by atoms with Crippen LogP contribution in [0.15, 0.2) is 36.0 Å². The number of carbonyl (C=O) groups is 1. The molecule has 0 aliphatic carbocycles. The van der Waals surface area contributed by atoms with Crippen LogP contribution in [-0.2, 0) is 19.5 Å². The van der Waals surface area contributed by atoms with E-state index >= 15 is 0 Å². The van der Waals surface area contributed by atoms with E-state index in [1.54, 1.807) is 28.4 Å². The summed E-state index contributed by atoms with van der Waals surface area (Å²) in [6.07, 6.45) is 4.19. The Morgan fingerprint density at radius 2 is 2.22 bits per heavy atom. The predicted octanol–water partition coefficient (Wildman–Crippen LogP) is 4.14. The van der Waals surface area contributed by atoms with E-state index in [-0.39, 0.29) is 12.3 Å². The molecule has 0 aliphatic rings. The third-order valence-electron chi connectivity index (χ3n) is 3.94. The Kier molecular flexibility index (Phi) is 4.68. The van der Waals surface area contributed by atoms with Crippen LogP contribution in [0.25, 0.3) is 0 Å². The molecule has 0 N–H and O–H groups in total. The summed E-state index contributed by atoms with van der Waals surface area (Å²) < 4.78 is 3.78. The lowest BCUT2D eigenvalue weighted by Crippen LogP contribution is -2.12. The molecule has 3 aromatic rings. The highest BCUT2D eigenvalue weighted by Gasteiger charge is 2.16. The molecule has 0 bridgehead atoms. The van der Waals surface area contributed by atoms with Crippen molar-refractivity contribution in [2.45, 2.75) is 33.4 Å². The fourth-order valence-corrected chi connectivity index (χ4v) is 3.62. The highest BCUT2D eigenvalue weighted by molar-refractivity contribution is 7.09. The van der Waals surface area contributed by atoms with Gasteiger partial charge in [-0.15, -0.1) is 11.3 Å². The molecule has 0 aliphatic heterocycles. The van der Waals surface area contributed by atoms with Crippen molar-refractivity contribution in [1.82, 2.24) is 14.3 Å². The molecule has 3 aromatic heterocycles. The fourth-order valence-electron chi connectivity index (χ4n) is 2.76. The number of nitrogens with zero attached hydrogens (tertiary/aromatic N) is 3. The minimum Gasteiger partial charge on any atom is -0.348 e. The van der Waals surface area contributed by atoms with E-state index in [1.807, 2.05) is 19.9 Å². The smallest absolute Gasteiger partial charge is 0.186 e. The molecule has 0 spiro atoms. The molecule has 0 atom stereocenters. The van der Waals surface area contributed by atoms with Gasteiger partial charge in [0.2, 0.25) is 0 Å². The third kappa shape index (κ3) is 3.57. The molecular formula is C17H18ClN3OS. The van der Waals surface area contributed by atoms with Gasteiger partial charge in [0.1, 0.15) is 6.54 Å². The zero-order valence-electron chi connectivity index (χ0n) is 13.1. The maximum Gasteiger partial charge on any atom is 0.186 e. The quantitative estimate of drug-likeness (QED) is 0.629.